The highest BCUT2D eigenvalue weighted by Crippen LogP contribution is 2.20. The molecule has 3 heteroatoms. The van der Waals surface area contributed by atoms with Crippen LogP contribution < -0.4 is 10.5 Å². The SMILES string of the molecule is CC(C)Oc1ccc(C(N)CCCO)cc1. The molecule has 0 aliphatic rings. The minimum atomic E-state index is 0.000231. The molecule has 0 aliphatic heterocycles. The fourth-order valence-corrected chi connectivity index (χ4v) is 1.54. The normalized spacial score (nSPS) is 12.8. The van der Waals surface area contributed by atoms with E-state index in [1.807, 2.05) is 38.1 Å². The maximum atomic E-state index is 8.73. The van der Waals surface area contributed by atoms with Crippen LogP contribution >= 0.6 is 0 Å². The molecule has 3 N–H and O–H groups in total. The molecule has 0 radical (unpaired) electrons. The predicted molar refractivity (Wildman–Crippen MR) is 65.5 cm³/mol. The maximum Gasteiger partial charge on any atom is 0.119 e. The highest BCUT2D eigenvalue weighted by Gasteiger charge is 2.05. The van der Waals surface area contributed by atoms with Crippen molar-refractivity contribution < 1.29 is 9.84 Å². The third-order valence-corrected chi connectivity index (χ3v) is 2.35. The summed E-state index contributed by atoms with van der Waals surface area (Å²) in [5, 5.41) is 8.73. The third-order valence-electron chi connectivity index (χ3n) is 2.35. The van der Waals surface area contributed by atoms with Crippen molar-refractivity contribution in [2.45, 2.75) is 38.8 Å². The zero-order valence-electron chi connectivity index (χ0n) is 10.0. The molecule has 1 aromatic rings. The van der Waals surface area contributed by atoms with E-state index in [4.69, 9.17) is 15.6 Å². The Morgan fingerprint density at radius 1 is 1.25 bits per heavy atom. The van der Waals surface area contributed by atoms with E-state index in [2.05, 4.69) is 0 Å². The quantitative estimate of drug-likeness (QED) is 0.777. The van der Waals surface area contributed by atoms with Gasteiger partial charge in [0, 0.05) is 12.6 Å². The molecule has 1 unspecified atom stereocenters. The van der Waals surface area contributed by atoms with Crippen molar-refractivity contribution in [3.05, 3.63) is 29.8 Å². The van der Waals surface area contributed by atoms with Crippen LogP contribution in [0.15, 0.2) is 24.3 Å². The third kappa shape index (κ3) is 4.21. The van der Waals surface area contributed by atoms with E-state index in [0.717, 1.165) is 24.2 Å². The van der Waals surface area contributed by atoms with Gasteiger partial charge in [-0.25, -0.2) is 0 Å². The molecule has 0 bridgehead atoms. The van der Waals surface area contributed by atoms with E-state index in [9.17, 15) is 0 Å². The molecule has 0 saturated heterocycles. The van der Waals surface area contributed by atoms with Gasteiger partial charge in [-0.05, 0) is 44.4 Å². The Balaban J connectivity index is 2.56. The number of ether oxygens (including phenoxy) is 1. The van der Waals surface area contributed by atoms with E-state index in [1.165, 1.54) is 0 Å². The molecule has 0 aliphatic carbocycles. The summed E-state index contributed by atoms with van der Waals surface area (Å²) in [7, 11) is 0. The summed E-state index contributed by atoms with van der Waals surface area (Å²) in [6.45, 7) is 4.20. The van der Waals surface area contributed by atoms with Crippen molar-refractivity contribution in [1.82, 2.24) is 0 Å². The van der Waals surface area contributed by atoms with Crippen molar-refractivity contribution in [3.8, 4) is 5.75 Å². The maximum absolute atomic E-state index is 8.73. The van der Waals surface area contributed by atoms with Crippen LogP contribution in [0.3, 0.4) is 0 Å². The van der Waals surface area contributed by atoms with Crippen LogP contribution in [0.1, 0.15) is 38.3 Å². The molecule has 0 heterocycles. The monoisotopic (exact) mass is 223 g/mol. The van der Waals surface area contributed by atoms with Crippen molar-refractivity contribution in [3.63, 3.8) is 0 Å². The molecule has 1 rings (SSSR count). The van der Waals surface area contributed by atoms with Gasteiger partial charge in [-0.3, -0.25) is 0 Å². The lowest BCUT2D eigenvalue weighted by Crippen LogP contribution is -2.11. The average molecular weight is 223 g/mol. The van der Waals surface area contributed by atoms with E-state index in [-0.39, 0.29) is 18.8 Å². The van der Waals surface area contributed by atoms with Gasteiger partial charge in [0.2, 0.25) is 0 Å². The number of hydrogen-bond donors (Lipinski definition) is 2. The summed E-state index contributed by atoms with van der Waals surface area (Å²) in [6.07, 6.45) is 1.74. The number of benzene rings is 1. The largest absolute Gasteiger partial charge is 0.491 e. The Kier molecular flexibility index (Phi) is 5.29. The Bertz CT molecular complexity index is 295. The second kappa shape index (κ2) is 6.51. The molecule has 90 valence electrons. The Labute approximate surface area is 97.2 Å². The van der Waals surface area contributed by atoms with Crippen molar-refractivity contribution in [2.24, 2.45) is 5.73 Å². The summed E-state index contributed by atoms with van der Waals surface area (Å²) in [4.78, 5) is 0. The lowest BCUT2D eigenvalue weighted by molar-refractivity contribution is 0.242. The summed E-state index contributed by atoms with van der Waals surface area (Å²) in [5.74, 6) is 0.869. The number of aliphatic hydroxyl groups is 1. The molecule has 1 aromatic carbocycles. The van der Waals surface area contributed by atoms with Crippen molar-refractivity contribution in [2.75, 3.05) is 6.61 Å². The summed E-state index contributed by atoms with van der Waals surface area (Å²) in [5.41, 5.74) is 7.07. The van der Waals surface area contributed by atoms with Gasteiger partial charge < -0.3 is 15.6 Å². The van der Waals surface area contributed by atoms with Crippen LogP contribution in [-0.2, 0) is 0 Å². The molecule has 0 aromatic heterocycles. The summed E-state index contributed by atoms with van der Waals surface area (Å²) < 4.78 is 5.55. The lowest BCUT2D eigenvalue weighted by atomic mass is 10.0. The highest BCUT2D eigenvalue weighted by molar-refractivity contribution is 5.29. The number of aliphatic hydroxyl groups excluding tert-OH is 1. The van der Waals surface area contributed by atoms with Gasteiger partial charge in [-0.1, -0.05) is 12.1 Å². The second-order valence-electron chi connectivity index (χ2n) is 4.21. The van der Waals surface area contributed by atoms with Crippen molar-refractivity contribution in [1.29, 1.82) is 0 Å². The molecule has 3 nitrogen and oxygen atoms in total. The molecule has 0 saturated carbocycles. The first-order valence-corrected chi connectivity index (χ1v) is 5.76. The number of rotatable bonds is 6. The molecule has 0 spiro atoms. The van der Waals surface area contributed by atoms with Crippen LogP contribution in [0.5, 0.6) is 5.75 Å². The van der Waals surface area contributed by atoms with E-state index >= 15 is 0 Å². The van der Waals surface area contributed by atoms with Crippen LogP contribution in [-0.4, -0.2) is 17.8 Å². The van der Waals surface area contributed by atoms with Gasteiger partial charge in [0.25, 0.3) is 0 Å². The van der Waals surface area contributed by atoms with Gasteiger partial charge in [0.05, 0.1) is 6.10 Å². The second-order valence-corrected chi connectivity index (χ2v) is 4.21. The average Bonchev–Trinajstić information content (AvgIpc) is 2.26. The first kappa shape index (κ1) is 13.0. The summed E-state index contributed by atoms with van der Waals surface area (Å²) in [6, 6.07) is 7.85. The topological polar surface area (TPSA) is 55.5 Å². The Morgan fingerprint density at radius 3 is 2.38 bits per heavy atom. The highest BCUT2D eigenvalue weighted by atomic mass is 16.5. The van der Waals surface area contributed by atoms with E-state index in [0.29, 0.717) is 0 Å². The molecule has 16 heavy (non-hydrogen) atoms. The van der Waals surface area contributed by atoms with Gasteiger partial charge in [-0.15, -0.1) is 0 Å². The molecular weight excluding hydrogens is 202 g/mol. The van der Waals surface area contributed by atoms with E-state index < -0.39 is 0 Å². The van der Waals surface area contributed by atoms with Gasteiger partial charge in [0.1, 0.15) is 5.75 Å². The van der Waals surface area contributed by atoms with Crippen molar-refractivity contribution >= 4 is 0 Å². The minimum absolute atomic E-state index is 0.000231. The van der Waals surface area contributed by atoms with Gasteiger partial charge >= 0.3 is 0 Å². The summed E-state index contributed by atoms with van der Waals surface area (Å²) >= 11 is 0. The fraction of sp³-hybridized carbons (Fsp3) is 0.538. The smallest absolute Gasteiger partial charge is 0.119 e. The molecular formula is C13H21NO2. The van der Waals surface area contributed by atoms with Crippen LogP contribution in [0.25, 0.3) is 0 Å². The Morgan fingerprint density at radius 2 is 1.88 bits per heavy atom. The van der Waals surface area contributed by atoms with E-state index in [1.54, 1.807) is 0 Å². The van der Waals surface area contributed by atoms with Crippen LogP contribution in [0.4, 0.5) is 0 Å². The fourth-order valence-electron chi connectivity index (χ4n) is 1.54. The van der Waals surface area contributed by atoms with Crippen LogP contribution in [0.2, 0.25) is 0 Å². The predicted octanol–water partition coefficient (Wildman–Crippen LogP) is 2.25. The zero-order chi connectivity index (χ0) is 12.0. The standard InChI is InChI=1S/C13H21NO2/c1-10(2)16-12-7-5-11(6-8-12)13(14)4-3-9-15/h5-8,10,13,15H,3-4,9,14H2,1-2H3. The lowest BCUT2D eigenvalue weighted by Gasteiger charge is -2.13. The first-order valence-electron chi connectivity index (χ1n) is 5.76. The molecule has 0 fully saturated rings. The number of hydrogen-bond acceptors (Lipinski definition) is 3. The Hall–Kier alpha value is -1.06. The number of nitrogens with two attached hydrogens (primary N) is 1. The van der Waals surface area contributed by atoms with Gasteiger partial charge in [-0.2, -0.15) is 0 Å². The zero-order valence-corrected chi connectivity index (χ0v) is 10.0. The van der Waals surface area contributed by atoms with Crippen LogP contribution in [0, 0.1) is 0 Å². The first-order chi connectivity index (χ1) is 7.63. The molecule has 0 amide bonds. The molecule has 1 atom stereocenters. The minimum Gasteiger partial charge on any atom is -0.491 e. The van der Waals surface area contributed by atoms with Gasteiger partial charge in [0.15, 0.2) is 0 Å².